The third kappa shape index (κ3) is 2.49. The van der Waals surface area contributed by atoms with Crippen LogP contribution in [0.15, 0.2) is 115 Å². The number of fused-ring (bicyclic) bond motifs is 9. The third-order valence-corrected chi connectivity index (χ3v) is 7.25. The average molecular weight is 443 g/mol. The van der Waals surface area contributed by atoms with Gasteiger partial charge in [0, 0.05) is 16.1 Å². The van der Waals surface area contributed by atoms with Crippen molar-refractivity contribution in [2.75, 3.05) is 0 Å². The third-order valence-electron chi connectivity index (χ3n) is 7.01. The van der Waals surface area contributed by atoms with E-state index in [1.165, 1.54) is 38.9 Å². The Morgan fingerprint density at radius 2 is 1.15 bits per heavy atom. The Balaban J connectivity index is 1.61. The van der Waals surface area contributed by atoms with E-state index in [0.717, 1.165) is 17.1 Å². The Kier molecular flexibility index (Phi) is 3.88. The van der Waals surface area contributed by atoms with Crippen molar-refractivity contribution in [1.82, 2.24) is 0 Å². The number of ether oxygens (including phenoxy) is 1. The average Bonchev–Trinajstić information content (AvgIpc) is 3.15. The van der Waals surface area contributed by atoms with Crippen LogP contribution in [0.25, 0.3) is 22.3 Å². The van der Waals surface area contributed by atoms with E-state index in [1.807, 2.05) is 18.2 Å². The Bertz CT molecular complexity index is 1550. The molecule has 0 aromatic heterocycles. The summed E-state index contributed by atoms with van der Waals surface area (Å²) >= 11 is 6.41. The summed E-state index contributed by atoms with van der Waals surface area (Å²) in [5, 5.41) is 0.675. The number of hydrogen-bond donors (Lipinski definition) is 0. The van der Waals surface area contributed by atoms with Gasteiger partial charge in [-0.25, -0.2) is 0 Å². The molecule has 5 aromatic carbocycles. The summed E-state index contributed by atoms with van der Waals surface area (Å²) in [6.07, 6.45) is 0. The highest BCUT2D eigenvalue weighted by atomic mass is 35.5. The van der Waals surface area contributed by atoms with E-state index >= 15 is 0 Å². The molecule has 1 heterocycles. The van der Waals surface area contributed by atoms with Crippen LogP contribution in [0.2, 0.25) is 5.02 Å². The van der Waals surface area contributed by atoms with Crippen molar-refractivity contribution in [3.05, 3.63) is 143 Å². The lowest BCUT2D eigenvalue weighted by Gasteiger charge is -2.39. The highest BCUT2D eigenvalue weighted by Gasteiger charge is 2.50. The zero-order valence-corrected chi connectivity index (χ0v) is 18.5. The van der Waals surface area contributed by atoms with Gasteiger partial charge < -0.3 is 4.74 Å². The summed E-state index contributed by atoms with van der Waals surface area (Å²) in [7, 11) is 0. The van der Waals surface area contributed by atoms with E-state index in [-0.39, 0.29) is 0 Å². The largest absolute Gasteiger partial charge is 0.457 e. The fraction of sp³-hybridized carbons (Fsp3) is 0.0323. The molecule has 0 saturated carbocycles. The van der Waals surface area contributed by atoms with E-state index in [1.54, 1.807) is 0 Å². The zero-order valence-electron chi connectivity index (χ0n) is 17.8. The Morgan fingerprint density at radius 1 is 0.485 bits per heavy atom. The first-order chi connectivity index (χ1) is 16.3. The van der Waals surface area contributed by atoms with Gasteiger partial charge in [0.05, 0.1) is 5.41 Å². The SMILES string of the molecule is Clc1ccc2c(c1)Oc1ccccc1C21c2ccccc2-c2cc(-c3ccccc3)ccc21. The van der Waals surface area contributed by atoms with Gasteiger partial charge in [-0.1, -0.05) is 103 Å². The minimum atomic E-state index is -0.449. The molecule has 0 bridgehead atoms. The van der Waals surface area contributed by atoms with Crippen LogP contribution in [-0.2, 0) is 5.41 Å². The lowest BCUT2D eigenvalue weighted by molar-refractivity contribution is 0.436. The summed E-state index contributed by atoms with van der Waals surface area (Å²) in [6.45, 7) is 0. The van der Waals surface area contributed by atoms with Gasteiger partial charge in [-0.15, -0.1) is 0 Å². The summed E-state index contributed by atoms with van der Waals surface area (Å²) < 4.78 is 6.38. The standard InChI is InChI=1S/C31H19ClO/c32-22-15-17-28-30(19-22)33-29-13-7-6-12-27(29)31(28)25-11-5-4-10-23(25)24-18-21(14-16-26(24)31)20-8-2-1-3-9-20/h1-19H. The highest BCUT2D eigenvalue weighted by Crippen LogP contribution is 2.62. The van der Waals surface area contributed by atoms with Crippen molar-refractivity contribution in [3.63, 3.8) is 0 Å². The van der Waals surface area contributed by atoms with Gasteiger partial charge >= 0.3 is 0 Å². The number of hydrogen-bond acceptors (Lipinski definition) is 1. The normalized spacial score (nSPS) is 17.0. The van der Waals surface area contributed by atoms with E-state index in [9.17, 15) is 0 Å². The molecule has 7 rings (SSSR count). The fourth-order valence-electron chi connectivity index (χ4n) is 5.69. The first kappa shape index (κ1) is 18.7. The Hall–Kier alpha value is -3.81. The molecule has 1 unspecified atom stereocenters. The van der Waals surface area contributed by atoms with E-state index < -0.39 is 5.41 Å². The molecular weight excluding hydrogens is 424 g/mol. The molecule has 1 nitrogen and oxygen atoms in total. The first-order valence-corrected chi connectivity index (χ1v) is 11.5. The number of para-hydroxylation sites is 1. The summed E-state index contributed by atoms with van der Waals surface area (Å²) in [6, 6.07) is 40.7. The zero-order chi connectivity index (χ0) is 22.0. The molecule has 156 valence electrons. The molecule has 1 atom stereocenters. The van der Waals surface area contributed by atoms with Crippen LogP contribution >= 0.6 is 11.6 Å². The molecule has 2 aliphatic rings. The first-order valence-electron chi connectivity index (χ1n) is 11.1. The fourth-order valence-corrected chi connectivity index (χ4v) is 5.86. The van der Waals surface area contributed by atoms with Gasteiger partial charge in [0.25, 0.3) is 0 Å². The number of halogens is 1. The monoisotopic (exact) mass is 442 g/mol. The van der Waals surface area contributed by atoms with Crippen LogP contribution in [-0.4, -0.2) is 0 Å². The maximum absolute atomic E-state index is 6.41. The Labute approximate surface area is 197 Å². The van der Waals surface area contributed by atoms with Crippen LogP contribution in [0.1, 0.15) is 22.3 Å². The molecule has 1 aliphatic heterocycles. The molecule has 0 N–H and O–H groups in total. The van der Waals surface area contributed by atoms with E-state index in [4.69, 9.17) is 16.3 Å². The van der Waals surface area contributed by atoms with Crippen LogP contribution in [0, 0.1) is 0 Å². The molecular formula is C31H19ClO. The van der Waals surface area contributed by atoms with Crippen LogP contribution in [0.3, 0.4) is 0 Å². The maximum atomic E-state index is 6.41. The molecule has 0 saturated heterocycles. The van der Waals surface area contributed by atoms with E-state index in [0.29, 0.717) is 5.02 Å². The summed E-state index contributed by atoms with van der Waals surface area (Å²) in [5.41, 5.74) is 9.38. The second-order valence-electron chi connectivity index (χ2n) is 8.66. The van der Waals surface area contributed by atoms with Gasteiger partial charge in [-0.05, 0) is 57.6 Å². The molecule has 33 heavy (non-hydrogen) atoms. The van der Waals surface area contributed by atoms with Crippen LogP contribution < -0.4 is 4.74 Å². The molecule has 2 heteroatoms. The van der Waals surface area contributed by atoms with Gasteiger partial charge in [0.1, 0.15) is 11.5 Å². The van der Waals surface area contributed by atoms with Crippen LogP contribution in [0.4, 0.5) is 0 Å². The molecule has 1 aliphatic carbocycles. The van der Waals surface area contributed by atoms with Gasteiger partial charge in [0.15, 0.2) is 0 Å². The number of rotatable bonds is 1. The van der Waals surface area contributed by atoms with Crippen molar-refractivity contribution in [1.29, 1.82) is 0 Å². The number of benzene rings is 5. The van der Waals surface area contributed by atoms with Gasteiger partial charge in [0.2, 0.25) is 0 Å². The topological polar surface area (TPSA) is 9.23 Å². The van der Waals surface area contributed by atoms with Crippen molar-refractivity contribution >= 4 is 11.6 Å². The van der Waals surface area contributed by atoms with Crippen molar-refractivity contribution < 1.29 is 4.74 Å². The predicted octanol–water partition coefficient (Wildman–Crippen LogP) is 8.48. The van der Waals surface area contributed by atoms with Crippen molar-refractivity contribution in [2.45, 2.75) is 5.41 Å². The minimum Gasteiger partial charge on any atom is -0.457 e. The Morgan fingerprint density at radius 3 is 2.03 bits per heavy atom. The summed E-state index contributed by atoms with van der Waals surface area (Å²) in [5.74, 6) is 1.69. The summed E-state index contributed by atoms with van der Waals surface area (Å²) in [4.78, 5) is 0. The second kappa shape index (κ2) is 6.84. The second-order valence-corrected chi connectivity index (χ2v) is 9.10. The molecule has 0 amide bonds. The molecule has 0 fully saturated rings. The smallest absolute Gasteiger partial charge is 0.133 e. The highest BCUT2D eigenvalue weighted by molar-refractivity contribution is 6.30. The molecule has 5 aromatic rings. The van der Waals surface area contributed by atoms with Crippen molar-refractivity contribution in [2.24, 2.45) is 0 Å². The lowest BCUT2D eigenvalue weighted by atomic mass is 9.66. The lowest BCUT2D eigenvalue weighted by Crippen LogP contribution is -2.32. The van der Waals surface area contributed by atoms with Crippen LogP contribution in [0.5, 0.6) is 11.5 Å². The minimum absolute atomic E-state index is 0.449. The molecule has 1 spiro atoms. The maximum Gasteiger partial charge on any atom is 0.133 e. The molecule has 0 radical (unpaired) electrons. The quantitative estimate of drug-likeness (QED) is 0.247. The van der Waals surface area contributed by atoms with Crippen molar-refractivity contribution in [3.8, 4) is 33.8 Å². The van der Waals surface area contributed by atoms with E-state index in [2.05, 4.69) is 97.1 Å². The van der Waals surface area contributed by atoms with Gasteiger partial charge in [-0.3, -0.25) is 0 Å². The predicted molar refractivity (Wildman–Crippen MR) is 134 cm³/mol. The van der Waals surface area contributed by atoms with Gasteiger partial charge in [-0.2, -0.15) is 0 Å².